The second-order valence-corrected chi connectivity index (χ2v) is 7.96. The number of alkyl halides is 3. The van der Waals surface area contributed by atoms with Crippen LogP contribution in [0.5, 0.6) is 0 Å². The van der Waals surface area contributed by atoms with Crippen LogP contribution in [0.3, 0.4) is 0 Å². The van der Waals surface area contributed by atoms with Crippen LogP contribution in [0.1, 0.15) is 28.5 Å². The van der Waals surface area contributed by atoms with Crippen LogP contribution in [0.4, 0.5) is 17.6 Å². The Balaban J connectivity index is 1.42. The van der Waals surface area contributed by atoms with Gasteiger partial charge < -0.3 is 14.2 Å². The molecule has 0 N–H and O–H groups in total. The lowest BCUT2D eigenvalue weighted by Gasteiger charge is -2.29. The molecular formula is C26H24F4O3. The summed E-state index contributed by atoms with van der Waals surface area (Å²) in [7, 11) is 0. The van der Waals surface area contributed by atoms with Crippen molar-refractivity contribution in [3.63, 3.8) is 0 Å². The number of hydrogen-bond acceptors (Lipinski definition) is 3. The average Bonchev–Trinajstić information content (AvgIpc) is 2.82. The summed E-state index contributed by atoms with van der Waals surface area (Å²) in [6.07, 6.45) is -2.56. The Bertz CT molecular complexity index is 1100. The minimum atomic E-state index is -4.36. The normalized spacial score (nSPS) is 19.0. The van der Waals surface area contributed by atoms with E-state index < -0.39 is 18.0 Å². The van der Waals surface area contributed by atoms with Crippen LogP contribution in [-0.4, -0.2) is 25.9 Å². The molecule has 33 heavy (non-hydrogen) atoms. The van der Waals surface area contributed by atoms with Crippen LogP contribution >= 0.6 is 0 Å². The quantitative estimate of drug-likeness (QED) is 0.302. The summed E-state index contributed by atoms with van der Waals surface area (Å²) >= 11 is 0. The molecule has 174 valence electrons. The van der Waals surface area contributed by atoms with Crippen LogP contribution in [0, 0.1) is 5.82 Å². The van der Waals surface area contributed by atoms with Gasteiger partial charge >= 0.3 is 6.18 Å². The second-order valence-electron chi connectivity index (χ2n) is 7.96. The zero-order valence-corrected chi connectivity index (χ0v) is 17.9. The number of fused-ring (bicyclic) bond motifs is 1. The lowest BCUT2D eigenvalue weighted by atomic mass is 9.98. The van der Waals surface area contributed by atoms with Crippen LogP contribution in [0.15, 0.2) is 67.3 Å². The van der Waals surface area contributed by atoms with Gasteiger partial charge in [0.15, 0.2) is 6.29 Å². The monoisotopic (exact) mass is 460 g/mol. The number of rotatable bonds is 7. The predicted octanol–water partition coefficient (Wildman–Crippen LogP) is 6.40. The van der Waals surface area contributed by atoms with Crippen molar-refractivity contribution >= 4 is 10.8 Å². The molecule has 0 bridgehead atoms. The van der Waals surface area contributed by atoms with Gasteiger partial charge in [0.25, 0.3) is 0 Å². The highest BCUT2D eigenvalue weighted by molar-refractivity contribution is 5.84. The Kier molecular flexibility index (Phi) is 7.12. The molecule has 7 heteroatoms. The van der Waals surface area contributed by atoms with E-state index in [9.17, 15) is 13.2 Å². The Morgan fingerprint density at radius 3 is 2.36 bits per heavy atom. The molecule has 0 aliphatic carbocycles. The van der Waals surface area contributed by atoms with Crippen LogP contribution in [0.25, 0.3) is 10.8 Å². The summed E-state index contributed by atoms with van der Waals surface area (Å²) in [6, 6.07) is 13.9. The number of hydrogen-bond donors (Lipinski definition) is 0. The van der Waals surface area contributed by atoms with E-state index in [0.29, 0.717) is 43.6 Å². The molecule has 0 saturated carbocycles. The Morgan fingerprint density at radius 2 is 1.70 bits per heavy atom. The van der Waals surface area contributed by atoms with Crippen LogP contribution in [-0.2, 0) is 33.2 Å². The van der Waals surface area contributed by atoms with E-state index in [2.05, 4.69) is 6.58 Å². The number of benzene rings is 3. The molecule has 1 heterocycles. The van der Waals surface area contributed by atoms with Crippen molar-refractivity contribution in [1.82, 2.24) is 0 Å². The number of aryl methyl sites for hydroxylation is 2. The largest absolute Gasteiger partial charge is 0.416 e. The topological polar surface area (TPSA) is 27.7 Å². The highest BCUT2D eigenvalue weighted by atomic mass is 19.4. The van der Waals surface area contributed by atoms with Gasteiger partial charge in [-0.05, 0) is 47.6 Å². The zero-order valence-electron chi connectivity index (χ0n) is 17.9. The first-order valence-corrected chi connectivity index (χ1v) is 10.7. The molecule has 0 atom stereocenters. The molecule has 0 radical (unpaired) electrons. The van der Waals surface area contributed by atoms with E-state index in [-0.39, 0.29) is 11.9 Å². The van der Waals surface area contributed by atoms with Crippen LogP contribution < -0.4 is 0 Å². The maximum absolute atomic E-state index is 15.1. The molecule has 1 saturated heterocycles. The van der Waals surface area contributed by atoms with Gasteiger partial charge in [0, 0.05) is 10.9 Å². The van der Waals surface area contributed by atoms with E-state index in [0.717, 1.165) is 28.6 Å². The van der Waals surface area contributed by atoms with Gasteiger partial charge in [-0.25, -0.2) is 4.39 Å². The summed E-state index contributed by atoms with van der Waals surface area (Å²) in [4.78, 5) is 0. The minimum Gasteiger partial charge on any atom is -0.369 e. The summed E-state index contributed by atoms with van der Waals surface area (Å²) in [5.74, 6) is -0.325. The van der Waals surface area contributed by atoms with E-state index in [1.54, 1.807) is 24.3 Å². The van der Waals surface area contributed by atoms with Gasteiger partial charge in [-0.15, -0.1) is 6.58 Å². The van der Waals surface area contributed by atoms with E-state index in [1.807, 2.05) is 12.1 Å². The van der Waals surface area contributed by atoms with Crippen molar-refractivity contribution in [3.8, 4) is 0 Å². The molecule has 3 aromatic carbocycles. The van der Waals surface area contributed by atoms with Crippen molar-refractivity contribution in [3.05, 3.63) is 95.3 Å². The van der Waals surface area contributed by atoms with Crippen LogP contribution in [0.2, 0.25) is 0 Å². The fourth-order valence-electron chi connectivity index (χ4n) is 3.81. The zero-order chi connectivity index (χ0) is 23.4. The highest BCUT2D eigenvalue weighted by Crippen LogP contribution is 2.31. The highest BCUT2D eigenvalue weighted by Gasteiger charge is 2.30. The first-order valence-electron chi connectivity index (χ1n) is 10.7. The van der Waals surface area contributed by atoms with Crippen molar-refractivity contribution in [2.75, 3.05) is 19.8 Å². The van der Waals surface area contributed by atoms with Crippen molar-refractivity contribution in [2.45, 2.75) is 31.4 Å². The van der Waals surface area contributed by atoms with Crippen molar-refractivity contribution in [2.24, 2.45) is 0 Å². The second kappa shape index (κ2) is 10.0. The lowest BCUT2D eigenvalue weighted by molar-refractivity contribution is -0.228. The molecule has 0 unspecified atom stereocenters. The molecule has 0 spiro atoms. The van der Waals surface area contributed by atoms with Gasteiger partial charge in [0.2, 0.25) is 0 Å². The molecule has 1 aliphatic rings. The van der Waals surface area contributed by atoms with Gasteiger partial charge in [0.05, 0.1) is 25.4 Å². The molecular weight excluding hydrogens is 436 g/mol. The SMILES string of the molecule is C=CCOC1COC(c2ccc3c(F)c(CCc4ccc(C(F)(F)F)cc4)ccc3c2)OC1. The van der Waals surface area contributed by atoms with Gasteiger partial charge in [-0.3, -0.25) is 0 Å². The molecule has 1 aliphatic heterocycles. The van der Waals surface area contributed by atoms with Gasteiger partial charge in [-0.1, -0.05) is 42.5 Å². The van der Waals surface area contributed by atoms with E-state index in [1.165, 1.54) is 12.1 Å². The third-order valence-electron chi connectivity index (χ3n) is 5.61. The maximum Gasteiger partial charge on any atom is 0.416 e. The fraction of sp³-hybridized carbons (Fsp3) is 0.308. The summed E-state index contributed by atoms with van der Waals surface area (Å²) < 4.78 is 70.2. The van der Waals surface area contributed by atoms with E-state index >= 15 is 4.39 Å². The Hall–Kier alpha value is -2.74. The molecule has 4 rings (SSSR count). The number of ether oxygens (including phenoxy) is 3. The van der Waals surface area contributed by atoms with Crippen molar-refractivity contribution in [1.29, 1.82) is 0 Å². The molecule has 1 fully saturated rings. The average molecular weight is 460 g/mol. The first-order chi connectivity index (χ1) is 15.8. The summed E-state index contributed by atoms with van der Waals surface area (Å²) in [6.45, 7) is 4.84. The summed E-state index contributed by atoms with van der Waals surface area (Å²) in [5, 5.41) is 1.20. The Labute approximate surface area is 189 Å². The van der Waals surface area contributed by atoms with Gasteiger partial charge in [-0.2, -0.15) is 13.2 Å². The molecule has 3 nitrogen and oxygen atoms in total. The fourth-order valence-corrected chi connectivity index (χ4v) is 3.81. The van der Waals surface area contributed by atoms with Crippen molar-refractivity contribution < 1.29 is 31.8 Å². The van der Waals surface area contributed by atoms with Gasteiger partial charge in [0.1, 0.15) is 11.9 Å². The lowest BCUT2D eigenvalue weighted by Crippen LogP contribution is -2.33. The third-order valence-corrected chi connectivity index (χ3v) is 5.61. The minimum absolute atomic E-state index is 0.149. The Morgan fingerprint density at radius 1 is 0.970 bits per heavy atom. The van der Waals surface area contributed by atoms with E-state index in [4.69, 9.17) is 14.2 Å². The predicted molar refractivity (Wildman–Crippen MR) is 117 cm³/mol. The standard InChI is InChI=1S/C26H24F4O3/c1-2-13-31-22-15-32-25(33-16-22)20-9-12-23-19(14-20)8-7-18(24(23)27)6-3-17-4-10-21(11-5-17)26(28,29)30/h2,4-5,7-12,14,22,25H,1,3,6,13,15-16H2. The third kappa shape index (κ3) is 5.61. The molecule has 0 aromatic heterocycles. The maximum atomic E-state index is 15.1. The smallest absolute Gasteiger partial charge is 0.369 e. The summed E-state index contributed by atoms with van der Waals surface area (Å²) in [5.41, 5.74) is 1.34. The molecule has 3 aromatic rings. The first kappa shape index (κ1) is 23.4. The number of halogens is 4. The molecule has 0 amide bonds.